The Balaban J connectivity index is 3.39. The molecule has 120 valence electrons. The van der Waals surface area contributed by atoms with Crippen LogP contribution in [0, 0.1) is 0 Å². The summed E-state index contributed by atoms with van der Waals surface area (Å²) < 4.78 is 0. The molecule has 22 heavy (non-hydrogen) atoms. The van der Waals surface area contributed by atoms with Crippen LogP contribution >= 0.6 is 0 Å². The van der Waals surface area contributed by atoms with Crippen LogP contribution in [-0.2, 0) is 15.6 Å². The number of hydrogen-bond acceptors (Lipinski definition) is 2. The van der Waals surface area contributed by atoms with Gasteiger partial charge in [-0.05, 0) is 28.5 Å². The fraction of sp³-hybridized carbons (Fsp3) is 0.421. The van der Waals surface area contributed by atoms with Crippen LogP contribution in [0.25, 0.3) is 6.08 Å². The van der Waals surface area contributed by atoms with Crippen molar-refractivity contribution in [3.8, 4) is 5.75 Å². The van der Waals surface area contributed by atoms with Gasteiger partial charge in [-0.2, -0.15) is 0 Å². The fourth-order valence-corrected chi connectivity index (χ4v) is 2.21. The van der Waals surface area contributed by atoms with Crippen LogP contribution in [0.3, 0.4) is 0 Å². The molecule has 3 heteroatoms. The summed E-state index contributed by atoms with van der Waals surface area (Å²) in [7, 11) is 0. The third-order valence-corrected chi connectivity index (χ3v) is 3.41. The zero-order valence-corrected chi connectivity index (χ0v) is 14.4. The van der Waals surface area contributed by atoms with E-state index in [1.807, 2.05) is 18.2 Å². The van der Waals surface area contributed by atoms with Crippen molar-refractivity contribution in [3.05, 3.63) is 47.1 Å². The quantitative estimate of drug-likeness (QED) is 0.653. The van der Waals surface area contributed by atoms with Gasteiger partial charge in [-0.3, -0.25) is 4.79 Å². The Morgan fingerprint density at radius 2 is 1.45 bits per heavy atom. The van der Waals surface area contributed by atoms with Crippen LogP contribution in [0.4, 0.5) is 0 Å². The van der Waals surface area contributed by atoms with E-state index in [0.717, 1.165) is 16.7 Å². The molecule has 1 aromatic rings. The number of hydrogen-bond donors (Lipinski definition) is 2. The van der Waals surface area contributed by atoms with Crippen LogP contribution in [0.5, 0.6) is 5.75 Å². The first-order chi connectivity index (χ1) is 9.93. The Kier molecular flexibility index (Phi) is 5.23. The molecule has 3 nitrogen and oxygen atoms in total. The van der Waals surface area contributed by atoms with E-state index in [4.69, 9.17) is 5.73 Å². The molecule has 0 radical (unpaired) electrons. The molecule has 0 fully saturated rings. The minimum Gasteiger partial charge on any atom is -0.507 e. The number of carbonyl (C=O) groups is 1. The highest BCUT2D eigenvalue weighted by Crippen LogP contribution is 2.39. The van der Waals surface area contributed by atoms with Gasteiger partial charge in [0, 0.05) is 17.2 Å². The maximum Gasteiger partial charge on any atom is 0.241 e. The van der Waals surface area contributed by atoms with Gasteiger partial charge in [0.2, 0.25) is 5.91 Å². The molecule has 0 aliphatic carbocycles. The van der Waals surface area contributed by atoms with Crippen LogP contribution in [0.15, 0.2) is 30.4 Å². The average molecular weight is 301 g/mol. The smallest absolute Gasteiger partial charge is 0.241 e. The summed E-state index contributed by atoms with van der Waals surface area (Å²) in [5, 5.41) is 10.6. The SMILES string of the molecule is CC(C)(C)c1cc(C=CC=CC(N)=O)cc(C(C)(C)C)c1O. The molecule has 1 amide bonds. The molecule has 0 heterocycles. The van der Waals surface area contributed by atoms with E-state index in [2.05, 4.69) is 41.5 Å². The van der Waals surface area contributed by atoms with Crippen molar-refractivity contribution in [1.82, 2.24) is 0 Å². The Morgan fingerprint density at radius 1 is 1.00 bits per heavy atom. The lowest BCUT2D eigenvalue weighted by Gasteiger charge is -2.27. The second-order valence-corrected chi connectivity index (χ2v) is 7.59. The van der Waals surface area contributed by atoms with Crippen molar-refractivity contribution < 1.29 is 9.90 Å². The summed E-state index contributed by atoms with van der Waals surface area (Å²) in [6.45, 7) is 12.5. The van der Waals surface area contributed by atoms with Gasteiger partial charge in [0.15, 0.2) is 0 Å². The first-order valence-corrected chi connectivity index (χ1v) is 7.45. The first-order valence-electron chi connectivity index (χ1n) is 7.45. The Bertz CT molecular complexity index is 576. The largest absolute Gasteiger partial charge is 0.507 e. The molecule has 0 spiro atoms. The Morgan fingerprint density at radius 3 is 1.82 bits per heavy atom. The predicted molar refractivity (Wildman–Crippen MR) is 92.9 cm³/mol. The second kappa shape index (κ2) is 6.39. The minimum atomic E-state index is -0.471. The van der Waals surface area contributed by atoms with Crippen molar-refractivity contribution >= 4 is 12.0 Å². The van der Waals surface area contributed by atoms with Gasteiger partial charge in [-0.15, -0.1) is 0 Å². The lowest BCUT2D eigenvalue weighted by atomic mass is 9.78. The standard InChI is InChI=1S/C19H27NO2/c1-18(2,3)14-11-13(9-7-8-10-16(20)21)12-15(17(14)22)19(4,5)6/h7-12,22H,1-6H3,(H2,20,21). The van der Waals surface area contributed by atoms with Gasteiger partial charge in [0.1, 0.15) is 5.75 Å². The van der Waals surface area contributed by atoms with Crippen LogP contribution < -0.4 is 5.73 Å². The summed E-state index contributed by atoms with van der Waals surface area (Å²) in [4.78, 5) is 10.7. The lowest BCUT2D eigenvalue weighted by molar-refractivity contribution is -0.113. The van der Waals surface area contributed by atoms with Crippen molar-refractivity contribution in [2.45, 2.75) is 52.4 Å². The predicted octanol–water partition coefficient (Wildman–Crippen LogP) is 4.04. The normalized spacial score (nSPS) is 13.2. The van der Waals surface area contributed by atoms with Gasteiger partial charge in [-0.25, -0.2) is 0 Å². The number of allylic oxidation sites excluding steroid dienone is 2. The van der Waals surface area contributed by atoms with E-state index >= 15 is 0 Å². The van der Waals surface area contributed by atoms with E-state index in [1.165, 1.54) is 6.08 Å². The van der Waals surface area contributed by atoms with Crippen LogP contribution in [0.1, 0.15) is 58.2 Å². The molecule has 0 atom stereocenters. The number of phenols is 1. The molecule has 0 unspecified atom stereocenters. The second-order valence-electron chi connectivity index (χ2n) is 7.59. The molecule has 0 saturated carbocycles. The van der Waals surface area contributed by atoms with Gasteiger partial charge in [-0.1, -0.05) is 59.8 Å². The summed E-state index contributed by atoms with van der Waals surface area (Å²) >= 11 is 0. The highest BCUT2D eigenvalue weighted by atomic mass is 16.3. The number of rotatable bonds is 3. The van der Waals surface area contributed by atoms with Gasteiger partial charge in [0.25, 0.3) is 0 Å². The molecule has 3 N–H and O–H groups in total. The molecule has 0 saturated heterocycles. The topological polar surface area (TPSA) is 63.3 Å². The summed E-state index contributed by atoms with van der Waals surface area (Å²) in [5.41, 5.74) is 7.57. The number of aromatic hydroxyl groups is 1. The van der Waals surface area contributed by atoms with Crippen molar-refractivity contribution in [2.24, 2.45) is 5.73 Å². The van der Waals surface area contributed by atoms with E-state index < -0.39 is 5.91 Å². The molecular formula is C19H27NO2. The molecule has 1 aromatic carbocycles. The molecule has 0 aromatic heterocycles. The minimum absolute atomic E-state index is 0.156. The lowest BCUT2D eigenvalue weighted by Crippen LogP contribution is -2.17. The molecular weight excluding hydrogens is 274 g/mol. The van der Waals surface area contributed by atoms with E-state index in [9.17, 15) is 9.90 Å². The number of phenolic OH excluding ortho intramolecular Hbond substituents is 1. The zero-order valence-electron chi connectivity index (χ0n) is 14.4. The number of amides is 1. The number of carbonyl (C=O) groups excluding carboxylic acids is 1. The summed E-state index contributed by atoms with van der Waals surface area (Å²) in [6.07, 6.45) is 6.61. The van der Waals surface area contributed by atoms with Gasteiger partial charge >= 0.3 is 0 Å². The highest BCUT2D eigenvalue weighted by Gasteiger charge is 2.25. The molecule has 0 bridgehead atoms. The monoisotopic (exact) mass is 301 g/mol. The average Bonchev–Trinajstić information content (AvgIpc) is 2.33. The Hall–Kier alpha value is -2.03. The molecule has 1 rings (SSSR count). The Labute approximate surface area is 133 Å². The van der Waals surface area contributed by atoms with E-state index in [0.29, 0.717) is 5.75 Å². The van der Waals surface area contributed by atoms with Crippen molar-refractivity contribution in [3.63, 3.8) is 0 Å². The highest BCUT2D eigenvalue weighted by molar-refractivity contribution is 5.86. The summed E-state index contributed by atoms with van der Waals surface area (Å²) in [6, 6.07) is 3.97. The first kappa shape index (κ1) is 18.0. The third-order valence-electron chi connectivity index (χ3n) is 3.41. The van der Waals surface area contributed by atoms with E-state index in [1.54, 1.807) is 12.2 Å². The number of nitrogens with two attached hydrogens (primary N) is 1. The zero-order chi connectivity index (χ0) is 17.1. The van der Waals surface area contributed by atoms with Gasteiger partial charge in [0.05, 0.1) is 0 Å². The maximum atomic E-state index is 10.7. The number of benzene rings is 1. The number of primary amides is 1. The van der Waals surface area contributed by atoms with Gasteiger partial charge < -0.3 is 10.8 Å². The van der Waals surface area contributed by atoms with Crippen LogP contribution in [0.2, 0.25) is 0 Å². The van der Waals surface area contributed by atoms with Crippen molar-refractivity contribution in [2.75, 3.05) is 0 Å². The molecule has 0 aliphatic heterocycles. The van der Waals surface area contributed by atoms with E-state index in [-0.39, 0.29) is 10.8 Å². The molecule has 0 aliphatic rings. The van der Waals surface area contributed by atoms with Crippen molar-refractivity contribution in [1.29, 1.82) is 0 Å². The van der Waals surface area contributed by atoms with Crippen LogP contribution in [-0.4, -0.2) is 11.0 Å². The third kappa shape index (κ3) is 4.76. The fourth-order valence-electron chi connectivity index (χ4n) is 2.21. The maximum absolute atomic E-state index is 10.7. The summed E-state index contributed by atoms with van der Waals surface area (Å²) in [5.74, 6) is -0.106.